The topological polar surface area (TPSA) is 57.5 Å². The van der Waals surface area contributed by atoms with E-state index in [0.29, 0.717) is 0 Å². The van der Waals surface area contributed by atoms with Crippen LogP contribution in [0.1, 0.15) is 35.1 Å². The van der Waals surface area contributed by atoms with Crippen LogP contribution in [0.5, 0.6) is 0 Å². The van der Waals surface area contributed by atoms with Gasteiger partial charge in [0.05, 0.1) is 9.79 Å². The van der Waals surface area contributed by atoms with Crippen LogP contribution in [-0.4, -0.2) is 13.3 Å². The van der Waals surface area contributed by atoms with E-state index in [4.69, 9.17) is 0 Å². The van der Waals surface area contributed by atoms with Gasteiger partial charge in [-0.2, -0.15) is 0 Å². The van der Waals surface area contributed by atoms with E-state index in [2.05, 4.69) is 0 Å². The van der Waals surface area contributed by atoms with Crippen LogP contribution in [-0.2, 0) is 35.3 Å². The molecular formula is C18H20O3S. The zero-order chi connectivity index (χ0) is 15.4. The second-order valence-corrected chi connectivity index (χ2v) is 9.10. The van der Waals surface area contributed by atoms with Crippen LogP contribution in [0, 0.1) is 0 Å². The summed E-state index contributed by atoms with van der Waals surface area (Å²) in [5.74, 6) is 0. The maximum absolute atomic E-state index is 13.1. The summed E-state index contributed by atoms with van der Waals surface area (Å²) in [4.78, 5) is 0.242. The Balaban J connectivity index is 1.85. The molecule has 2 aliphatic carbocycles. The Kier molecular flexibility index (Phi) is 2.89. The van der Waals surface area contributed by atoms with Crippen molar-refractivity contribution in [1.29, 1.82) is 0 Å². The normalized spacial score (nSPS) is 18.5. The Bertz CT molecular complexity index is 769. The fourth-order valence-corrected chi connectivity index (χ4v) is 5.30. The van der Waals surface area contributed by atoms with Gasteiger partial charge in [0.25, 0.3) is 0 Å². The van der Waals surface area contributed by atoms with Crippen molar-refractivity contribution in [2.75, 3.05) is 0 Å². The van der Waals surface area contributed by atoms with E-state index < -0.39 is 9.63 Å². The summed E-state index contributed by atoms with van der Waals surface area (Å²) in [6.45, 7) is 0. The third kappa shape index (κ3) is 2.06. The fraction of sp³-hybridized carbons (Fsp3) is 0.333. The van der Waals surface area contributed by atoms with Gasteiger partial charge in [-0.1, -0.05) is 12.1 Å². The standard InChI is InChI=1S/C18H20O3S/c19-22(20,21,17-9-7-13-3-1-5-15(13)11-17)18-10-8-14-4-2-6-16(14)12-18/h7-12H,1-6H2,(H2,19,20,21). The molecule has 2 aliphatic rings. The van der Waals surface area contributed by atoms with Gasteiger partial charge in [0.2, 0.25) is 0 Å². The molecule has 2 N–H and O–H groups in total. The molecule has 2 aromatic carbocycles. The summed E-state index contributed by atoms with van der Waals surface area (Å²) in [5.41, 5.74) is 4.61. The van der Waals surface area contributed by atoms with Crippen LogP contribution in [0.15, 0.2) is 46.2 Å². The lowest BCUT2D eigenvalue weighted by Crippen LogP contribution is -2.32. The first kappa shape index (κ1) is 14.1. The van der Waals surface area contributed by atoms with Crippen LogP contribution < -0.4 is 0 Å². The highest BCUT2D eigenvalue weighted by Crippen LogP contribution is 2.41. The molecule has 0 bridgehead atoms. The Morgan fingerprint density at radius 1 is 0.682 bits per heavy atom. The Labute approximate surface area is 130 Å². The van der Waals surface area contributed by atoms with Crippen molar-refractivity contribution in [1.82, 2.24) is 0 Å². The molecule has 4 heteroatoms. The van der Waals surface area contributed by atoms with Gasteiger partial charge in [0.15, 0.2) is 0 Å². The molecule has 4 rings (SSSR count). The maximum atomic E-state index is 13.1. The number of aryl methyl sites for hydroxylation is 4. The number of rotatable bonds is 2. The van der Waals surface area contributed by atoms with Gasteiger partial charge in [-0.3, -0.25) is 0 Å². The molecule has 0 aromatic heterocycles. The SMILES string of the molecule is O=S(O)(O)(c1ccc2c(c1)CCC2)c1ccc2c(c1)CCC2. The van der Waals surface area contributed by atoms with Gasteiger partial charge in [-0.15, -0.1) is 0 Å². The number of fused-ring (bicyclic) bond motifs is 2. The van der Waals surface area contributed by atoms with Crippen molar-refractivity contribution in [2.45, 2.75) is 48.3 Å². The smallest absolute Gasteiger partial charge is 0.135 e. The van der Waals surface area contributed by atoms with E-state index in [1.165, 1.54) is 11.1 Å². The minimum absolute atomic E-state index is 0.121. The zero-order valence-corrected chi connectivity index (χ0v) is 13.2. The summed E-state index contributed by atoms with van der Waals surface area (Å²) in [6.07, 6.45) is 5.99. The third-order valence-electron chi connectivity index (χ3n) is 4.99. The summed E-state index contributed by atoms with van der Waals surface area (Å²) in [7, 11) is -4.99. The minimum atomic E-state index is -4.99. The minimum Gasteiger partial charge on any atom is -0.301 e. The maximum Gasteiger partial charge on any atom is 0.135 e. The molecule has 0 saturated heterocycles. The molecule has 0 radical (unpaired) electrons. The lowest BCUT2D eigenvalue weighted by molar-refractivity contribution is 0.389. The third-order valence-corrected chi connectivity index (χ3v) is 7.20. The van der Waals surface area contributed by atoms with Crippen LogP contribution in [0.3, 0.4) is 0 Å². The van der Waals surface area contributed by atoms with E-state index in [9.17, 15) is 13.3 Å². The summed E-state index contributed by atoms with van der Waals surface area (Å²) in [6, 6.07) is 10.4. The first-order valence-electron chi connectivity index (χ1n) is 7.83. The molecule has 0 unspecified atom stereocenters. The highest BCUT2D eigenvalue weighted by atomic mass is 32.3. The Hall–Kier alpha value is -1.49. The van der Waals surface area contributed by atoms with Crippen molar-refractivity contribution in [3.05, 3.63) is 58.7 Å². The molecule has 0 atom stereocenters. The average Bonchev–Trinajstić information content (AvgIpc) is 3.14. The monoisotopic (exact) mass is 316 g/mol. The Morgan fingerprint density at radius 3 is 1.55 bits per heavy atom. The lowest BCUT2D eigenvalue weighted by atomic mass is 10.1. The van der Waals surface area contributed by atoms with Gasteiger partial charge in [0, 0.05) is 0 Å². The summed E-state index contributed by atoms with van der Waals surface area (Å²) < 4.78 is 34.5. The van der Waals surface area contributed by atoms with Gasteiger partial charge in [0.1, 0.15) is 9.63 Å². The number of benzene rings is 2. The average molecular weight is 316 g/mol. The first-order valence-corrected chi connectivity index (χ1v) is 9.71. The quantitative estimate of drug-likeness (QED) is 0.885. The van der Waals surface area contributed by atoms with E-state index in [1.807, 2.05) is 12.1 Å². The number of hydrogen-bond acceptors (Lipinski definition) is 1. The zero-order valence-electron chi connectivity index (χ0n) is 12.4. The molecule has 0 spiro atoms. The Morgan fingerprint density at radius 2 is 1.09 bits per heavy atom. The molecule has 0 amide bonds. The second kappa shape index (κ2) is 4.51. The molecular weight excluding hydrogens is 296 g/mol. The van der Waals surface area contributed by atoms with Gasteiger partial charge >= 0.3 is 0 Å². The number of hydrogen-bond donors (Lipinski definition) is 2. The van der Waals surface area contributed by atoms with E-state index in [0.717, 1.165) is 49.7 Å². The molecule has 0 saturated carbocycles. The van der Waals surface area contributed by atoms with Crippen molar-refractivity contribution in [3.63, 3.8) is 0 Å². The van der Waals surface area contributed by atoms with E-state index >= 15 is 0 Å². The first-order chi connectivity index (χ1) is 10.4. The molecule has 3 nitrogen and oxygen atoms in total. The van der Waals surface area contributed by atoms with Gasteiger partial charge in [-0.25, -0.2) is 4.21 Å². The molecule has 0 fully saturated rings. The molecule has 0 aliphatic heterocycles. The van der Waals surface area contributed by atoms with Crippen molar-refractivity contribution in [2.24, 2.45) is 0 Å². The van der Waals surface area contributed by atoms with Crippen LogP contribution in [0.4, 0.5) is 0 Å². The highest BCUT2D eigenvalue weighted by molar-refractivity contribution is 8.10. The van der Waals surface area contributed by atoms with Crippen LogP contribution >= 0.6 is 0 Å². The largest absolute Gasteiger partial charge is 0.301 e. The molecule has 0 heterocycles. The highest BCUT2D eigenvalue weighted by Gasteiger charge is 2.36. The summed E-state index contributed by atoms with van der Waals surface area (Å²) >= 11 is 0. The van der Waals surface area contributed by atoms with Crippen molar-refractivity contribution in [3.8, 4) is 0 Å². The van der Waals surface area contributed by atoms with E-state index in [1.54, 1.807) is 24.3 Å². The molecule has 22 heavy (non-hydrogen) atoms. The molecule has 116 valence electrons. The predicted molar refractivity (Wildman–Crippen MR) is 86.9 cm³/mol. The predicted octanol–water partition coefficient (Wildman–Crippen LogP) is 3.85. The van der Waals surface area contributed by atoms with Crippen molar-refractivity contribution < 1.29 is 13.3 Å². The van der Waals surface area contributed by atoms with Crippen molar-refractivity contribution >= 4 is 9.63 Å². The van der Waals surface area contributed by atoms with Crippen LogP contribution in [0.2, 0.25) is 0 Å². The van der Waals surface area contributed by atoms with E-state index in [-0.39, 0.29) is 9.79 Å². The van der Waals surface area contributed by atoms with Gasteiger partial charge in [-0.05, 0) is 85.0 Å². The van der Waals surface area contributed by atoms with Gasteiger partial charge < -0.3 is 9.11 Å². The molecule has 2 aromatic rings. The summed E-state index contributed by atoms with van der Waals surface area (Å²) in [5, 5.41) is 0. The fourth-order valence-electron chi connectivity index (χ4n) is 3.69. The lowest BCUT2D eigenvalue weighted by Gasteiger charge is -2.32. The van der Waals surface area contributed by atoms with Crippen LogP contribution in [0.25, 0.3) is 0 Å². The second-order valence-electron chi connectivity index (χ2n) is 6.43.